The molecular weight excluding hydrogens is 256 g/mol. The largest absolute Gasteiger partial charge is 0.481 e. The normalized spacial score (nSPS) is 8.79. The molecule has 0 spiro atoms. The van der Waals surface area contributed by atoms with Crippen LogP contribution in [0.25, 0.3) is 0 Å². The van der Waals surface area contributed by atoms with Crippen molar-refractivity contribution in [2.75, 3.05) is 13.7 Å². The second-order valence-corrected chi connectivity index (χ2v) is 3.48. The number of Topliss-reactive ketones (excluding diaryl/α,β-unsaturated/α-hetero) is 1. The van der Waals surface area contributed by atoms with Crippen molar-refractivity contribution in [2.45, 2.75) is 39.5 Å². The van der Waals surface area contributed by atoms with Gasteiger partial charge in [0, 0.05) is 6.42 Å². The Kier molecular flexibility index (Phi) is 12.8. The third-order valence-corrected chi connectivity index (χ3v) is 1.76. The van der Waals surface area contributed by atoms with Crippen molar-refractivity contribution < 1.29 is 33.8 Å². The van der Waals surface area contributed by atoms with E-state index in [0.29, 0.717) is 13.0 Å². The van der Waals surface area contributed by atoms with Crippen molar-refractivity contribution in [3.05, 3.63) is 0 Å². The summed E-state index contributed by atoms with van der Waals surface area (Å²) >= 11 is 0. The summed E-state index contributed by atoms with van der Waals surface area (Å²) in [5.41, 5.74) is 0. The van der Waals surface area contributed by atoms with Gasteiger partial charge < -0.3 is 19.4 Å². The lowest BCUT2D eigenvalue weighted by Gasteiger charge is -1.97. The lowest BCUT2D eigenvalue weighted by Crippen LogP contribution is -2.05. The fraction of sp³-hybridized carbons (Fsp3) is 0.667. The van der Waals surface area contributed by atoms with E-state index in [0.717, 1.165) is 0 Å². The molecule has 0 amide bonds. The molecule has 0 fully saturated rings. The topological polar surface area (TPSA) is 107 Å². The van der Waals surface area contributed by atoms with Gasteiger partial charge in [-0.1, -0.05) is 0 Å². The quantitative estimate of drug-likeness (QED) is 0.689. The van der Waals surface area contributed by atoms with Gasteiger partial charge in [0.2, 0.25) is 0 Å². The lowest BCUT2D eigenvalue weighted by atomic mass is 10.2. The smallest absolute Gasteiger partial charge is 0.306 e. The summed E-state index contributed by atoms with van der Waals surface area (Å²) < 4.78 is 8.80. The number of ether oxygens (including phenoxy) is 2. The van der Waals surface area contributed by atoms with Gasteiger partial charge in [-0.25, -0.2) is 0 Å². The molecule has 0 aromatic rings. The first-order valence-electron chi connectivity index (χ1n) is 5.77. The highest BCUT2D eigenvalue weighted by Gasteiger charge is 2.03. The Bertz CT molecular complexity index is 309. The first-order valence-corrected chi connectivity index (χ1v) is 5.77. The third kappa shape index (κ3) is 18.6. The van der Waals surface area contributed by atoms with Crippen LogP contribution in [0.3, 0.4) is 0 Å². The molecule has 110 valence electrons. The Morgan fingerprint density at radius 3 is 1.84 bits per heavy atom. The monoisotopic (exact) mass is 276 g/mol. The average Bonchev–Trinajstić information content (AvgIpc) is 2.34. The van der Waals surface area contributed by atoms with Crippen LogP contribution in [0.1, 0.15) is 39.5 Å². The molecule has 0 atom stereocenters. The number of rotatable bonds is 7. The summed E-state index contributed by atoms with van der Waals surface area (Å²) in [5, 5.41) is 8.05. The molecule has 0 aromatic heterocycles. The van der Waals surface area contributed by atoms with E-state index in [1.165, 1.54) is 14.0 Å². The lowest BCUT2D eigenvalue weighted by molar-refractivity contribution is -0.145. The first-order chi connectivity index (χ1) is 8.83. The second kappa shape index (κ2) is 12.5. The molecule has 0 rings (SSSR count). The summed E-state index contributed by atoms with van der Waals surface area (Å²) in [6.07, 6.45) is 0.292. The summed E-state index contributed by atoms with van der Waals surface area (Å²) in [7, 11) is 1.23. The maximum absolute atomic E-state index is 10.6. The van der Waals surface area contributed by atoms with Gasteiger partial charge in [-0.15, -0.1) is 0 Å². The minimum atomic E-state index is -0.986. The van der Waals surface area contributed by atoms with Gasteiger partial charge >= 0.3 is 17.9 Å². The summed E-state index contributed by atoms with van der Waals surface area (Å²) in [4.78, 5) is 41.0. The van der Waals surface area contributed by atoms with Crippen molar-refractivity contribution >= 4 is 23.7 Å². The van der Waals surface area contributed by atoms with E-state index in [1.807, 2.05) is 0 Å². The molecular formula is C12H20O7. The van der Waals surface area contributed by atoms with E-state index >= 15 is 0 Å². The van der Waals surface area contributed by atoms with E-state index in [-0.39, 0.29) is 31.0 Å². The number of esters is 2. The first kappa shape index (κ1) is 19.4. The van der Waals surface area contributed by atoms with Crippen LogP contribution in [0.4, 0.5) is 0 Å². The van der Waals surface area contributed by atoms with Gasteiger partial charge in [-0.05, 0) is 13.8 Å². The maximum Gasteiger partial charge on any atom is 0.306 e. The Hall–Kier alpha value is -1.92. The van der Waals surface area contributed by atoms with E-state index in [1.54, 1.807) is 6.92 Å². The summed E-state index contributed by atoms with van der Waals surface area (Å²) in [5.74, 6) is -1.75. The zero-order chi connectivity index (χ0) is 15.3. The molecule has 0 saturated carbocycles. The van der Waals surface area contributed by atoms with Crippen LogP contribution in [0.5, 0.6) is 0 Å². The number of hydrogen-bond donors (Lipinski definition) is 1. The summed E-state index contributed by atoms with van der Waals surface area (Å²) in [6, 6.07) is 0. The number of methoxy groups -OCH3 is 1. The molecule has 0 radical (unpaired) electrons. The van der Waals surface area contributed by atoms with Gasteiger partial charge in [-0.2, -0.15) is 0 Å². The van der Waals surface area contributed by atoms with Gasteiger partial charge in [0.05, 0.1) is 33.0 Å². The Morgan fingerprint density at radius 1 is 0.947 bits per heavy atom. The van der Waals surface area contributed by atoms with E-state index in [4.69, 9.17) is 5.11 Å². The highest BCUT2D eigenvalue weighted by atomic mass is 16.5. The van der Waals surface area contributed by atoms with Crippen LogP contribution >= 0.6 is 0 Å². The van der Waals surface area contributed by atoms with Crippen molar-refractivity contribution in [1.29, 1.82) is 0 Å². The van der Waals surface area contributed by atoms with Gasteiger partial charge in [0.15, 0.2) is 0 Å². The predicted octanol–water partition coefficient (Wildman–Crippen LogP) is 0.943. The molecule has 0 heterocycles. The van der Waals surface area contributed by atoms with Crippen LogP contribution in [0.2, 0.25) is 0 Å². The van der Waals surface area contributed by atoms with Crippen LogP contribution in [-0.2, 0) is 28.7 Å². The molecule has 0 aliphatic rings. The number of carbonyl (C=O) groups excluding carboxylic acids is 3. The van der Waals surface area contributed by atoms with Gasteiger partial charge in [0.25, 0.3) is 0 Å². The number of carboxylic acids is 1. The SMILES string of the molecule is CCOC(=O)CCC(C)=O.COC(=O)CCC(=O)O. The maximum atomic E-state index is 10.6. The van der Waals surface area contributed by atoms with E-state index in [9.17, 15) is 19.2 Å². The molecule has 0 aromatic carbocycles. The Labute approximate surface area is 111 Å². The fourth-order valence-electron chi connectivity index (χ4n) is 0.822. The second-order valence-electron chi connectivity index (χ2n) is 3.48. The molecule has 19 heavy (non-hydrogen) atoms. The minimum absolute atomic E-state index is 0.0213. The van der Waals surface area contributed by atoms with E-state index in [2.05, 4.69) is 9.47 Å². The van der Waals surface area contributed by atoms with Gasteiger partial charge in [0.1, 0.15) is 5.78 Å². The van der Waals surface area contributed by atoms with Crippen LogP contribution in [0, 0.1) is 0 Å². The molecule has 0 aliphatic heterocycles. The van der Waals surface area contributed by atoms with Crippen molar-refractivity contribution in [3.63, 3.8) is 0 Å². The molecule has 7 heteroatoms. The Balaban J connectivity index is 0. The van der Waals surface area contributed by atoms with Crippen LogP contribution < -0.4 is 0 Å². The zero-order valence-corrected chi connectivity index (χ0v) is 11.4. The molecule has 1 N–H and O–H groups in total. The van der Waals surface area contributed by atoms with Gasteiger partial charge in [-0.3, -0.25) is 14.4 Å². The molecule has 7 nitrogen and oxygen atoms in total. The van der Waals surface area contributed by atoms with Crippen molar-refractivity contribution in [2.24, 2.45) is 0 Å². The number of hydrogen-bond acceptors (Lipinski definition) is 6. The average molecular weight is 276 g/mol. The fourth-order valence-corrected chi connectivity index (χ4v) is 0.822. The van der Waals surface area contributed by atoms with Crippen LogP contribution in [-0.4, -0.2) is 42.5 Å². The van der Waals surface area contributed by atoms with Crippen LogP contribution in [0.15, 0.2) is 0 Å². The van der Waals surface area contributed by atoms with Crippen molar-refractivity contribution in [1.82, 2.24) is 0 Å². The predicted molar refractivity (Wildman–Crippen MR) is 65.4 cm³/mol. The van der Waals surface area contributed by atoms with Crippen molar-refractivity contribution in [3.8, 4) is 0 Å². The third-order valence-electron chi connectivity index (χ3n) is 1.76. The highest BCUT2D eigenvalue weighted by Crippen LogP contribution is 1.92. The molecule has 0 aliphatic carbocycles. The molecule has 0 unspecified atom stereocenters. The molecule has 0 bridgehead atoms. The highest BCUT2D eigenvalue weighted by molar-refractivity contribution is 5.80. The standard InChI is InChI=1S/C7H12O3.C5H8O4/c1-3-10-7(9)5-4-6(2)8;1-9-5(8)3-2-4(6)7/h3-5H2,1-2H3;2-3H2,1H3,(H,6,7). The molecule has 0 saturated heterocycles. The number of carbonyl (C=O) groups is 4. The number of carboxylic acid groups (broad SMARTS) is 1. The minimum Gasteiger partial charge on any atom is -0.481 e. The summed E-state index contributed by atoms with van der Waals surface area (Å²) in [6.45, 7) is 3.58. The Morgan fingerprint density at radius 2 is 1.47 bits per heavy atom. The van der Waals surface area contributed by atoms with E-state index < -0.39 is 11.9 Å². The number of ketones is 1. The zero-order valence-electron chi connectivity index (χ0n) is 11.4. The number of aliphatic carboxylic acids is 1.